The van der Waals surface area contributed by atoms with Crippen LogP contribution >= 0.6 is 11.8 Å². The van der Waals surface area contributed by atoms with Gasteiger partial charge in [0.1, 0.15) is 11.0 Å². The highest BCUT2D eigenvalue weighted by Crippen LogP contribution is 2.22. The molecule has 2 N–H and O–H groups in total. The van der Waals surface area contributed by atoms with Gasteiger partial charge < -0.3 is 14.9 Å². The molecule has 6 heteroatoms. The summed E-state index contributed by atoms with van der Waals surface area (Å²) in [6, 6.07) is 7.21. The summed E-state index contributed by atoms with van der Waals surface area (Å²) < 4.78 is 5.01. The second-order valence-electron chi connectivity index (χ2n) is 3.58. The molecule has 0 fully saturated rings. The topological polar surface area (TPSA) is 83.8 Å². The van der Waals surface area contributed by atoms with Gasteiger partial charge >= 0.3 is 11.9 Å². The number of thioether (sulfide) groups is 1. The van der Waals surface area contributed by atoms with Gasteiger partial charge in [0, 0.05) is 5.75 Å². The van der Waals surface area contributed by atoms with Crippen molar-refractivity contribution >= 4 is 23.7 Å². The number of aliphatic carboxylic acids is 2. The van der Waals surface area contributed by atoms with E-state index in [1.165, 1.54) is 0 Å². The number of ether oxygens (including phenoxy) is 1. The minimum atomic E-state index is -1.11. The molecule has 0 saturated heterocycles. The molecule has 0 bridgehead atoms. The Labute approximate surface area is 109 Å². The fourth-order valence-corrected chi connectivity index (χ4v) is 2.28. The summed E-state index contributed by atoms with van der Waals surface area (Å²) in [5.74, 6) is -1.03. The Kier molecular flexibility index (Phi) is 5.51. The van der Waals surface area contributed by atoms with Crippen LogP contribution in [0.15, 0.2) is 24.3 Å². The largest absolute Gasteiger partial charge is 0.497 e. The summed E-state index contributed by atoms with van der Waals surface area (Å²) >= 11 is 1.10. The Balaban J connectivity index is 2.55. The van der Waals surface area contributed by atoms with E-state index in [9.17, 15) is 9.59 Å². The predicted molar refractivity (Wildman–Crippen MR) is 68.0 cm³/mol. The number of hydrogen-bond acceptors (Lipinski definition) is 4. The second kappa shape index (κ2) is 6.90. The zero-order valence-corrected chi connectivity index (χ0v) is 10.6. The molecule has 1 rings (SSSR count). The van der Waals surface area contributed by atoms with Crippen LogP contribution in [0.5, 0.6) is 5.75 Å². The van der Waals surface area contributed by atoms with Gasteiger partial charge in [0.15, 0.2) is 0 Å². The van der Waals surface area contributed by atoms with Gasteiger partial charge in [0.25, 0.3) is 0 Å². The summed E-state index contributed by atoms with van der Waals surface area (Å²) in [6.07, 6.45) is -0.379. The number of carboxylic acid groups (broad SMARTS) is 2. The zero-order chi connectivity index (χ0) is 13.5. The fraction of sp³-hybridized carbons (Fsp3) is 0.333. The zero-order valence-electron chi connectivity index (χ0n) is 9.83. The molecule has 0 aromatic heterocycles. The summed E-state index contributed by atoms with van der Waals surface area (Å²) in [4.78, 5) is 21.4. The van der Waals surface area contributed by atoms with E-state index < -0.39 is 17.2 Å². The lowest BCUT2D eigenvalue weighted by Crippen LogP contribution is -2.20. The number of rotatable bonds is 7. The molecule has 0 spiro atoms. The van der Waals surface area contributed by atoms with E-state index in [0.29, 0.717) is 5.75 Å². The van der Waals surface area contributed by atoms with E-state index in [2.05, 4.69) is 0 Å². The SMILES string of the molecule is COc1ccc(CS[C@@H](CC(=O)O)C(=O)O)cc1. The van der Waals surface area contributed by atoms with Crippen molar-refractivity contribution in [3.05, 3.63) is 29.8 Å². The van der Waals surface area contributed by atoms with Gasteiger partial charge in [-0.15, -0.1) is 11.8 Å². The summed E-state index contributed by atoms with van der Waals surface area (Å²) in [7, 11) is 1.57. The van der Waals surface area contributed by atoms with Crippen molar-refractivity contribution in [1.29, 1.82) is 0 Å². The van der Waals surface area contributed by atoms with Crippen LogP contribution in [0.4, 0.5) is 0 Å². The summed E-state index contributed by atoms with van der Waals surface area (Å²) in [6.45, 7) is 0. The Morgan fingerprint density at radius 3 is 2.33 bits per heavy atom. The molecule has 1 aromatic carbocycles. The maximum Gasteiger partial charge on any atom is 0.317 e. The van der Waals surface area contributed by atoms with Gasteiger partial charge in [0.05, 0.1) is 13.5 Å². The molecule has 0 unspecified atom stereocenters. The summed E-state index contributed by atoms with van der Waals surface area (Å²) in [5.41, 5.74) is 0.928. The first-order valence-corrected chi connectivity index (χ1v) is 6.27. The van der Waals surface area contributed by atoms with Crippen molar-refractivity contribution in [2.75, 3.05) is 7.11 Å². The molecule has 0 radical (unpaired) electrons. The second-order valence-corrected chi connectivity index (χ2v) is 4.77. The standard InChI is InChI=1S/C12H14O5S/c1-17-9-4-2-8(3-5-9)7-18-10(12(15)16)6-11(13)14/h2-5,10H,6-7H2,1H3,(H,13,14)(H,15,16)/t10-/m0/s1. The first kappa shape index (κ1) is 14.4. The molecule has 0 aliphatic heterocycles. The molecular weight excluding hydrogens is 256 g/mol. The lowest BCUT2D eigenvalue weighted by molar-refractivity contribution is -0.142. The molecule has 0 amide bonds. The molecule has 1 atom stereocenters. The molecule has 0 saturated carbocycles. The van der Waals surface area contributed by atoms with Crippen molar-refractivity contribution in [2.45, 2.75) is 17.4 Å². The highest BCUT2D eigenvalue weighted by molar-refractivity contribution is 7.99. The Hall–Kier alpha value is -1.69. The third-order valence-electron chi connectivity index (χ3n) is 2.25. The van der Waals surface area contributed by atoms with E-state index in [1.807, 2.05) is 12.1 Å². The van der Waals surface area contributed by atoms with Crippen molar-refractivity contribution in [2.24, 2.45) is 0 Å². The smallest absolute Gasteiger partial charge is 0.317 e. The van der Waals surface area contributed by atoms with Crippen LogP contribution in [-0.4, -0.2) is 34.5 Å². The molecule has 1 aromatic rings. The van der Waals surface area contributed by atoms with Crippen LogP contribution in [0, 0.1) is 0 Å². The third kappa shape index (κ3) is 4.67. The van der Waals surface area contributed by atoms with Gasteiger partial charge in [0.2, 0.25) is 0 Å². The van der Waals surface area contributed by atoms with Crippen LogP contribution in [0.3, 0.4) is 0 Å². The number of methoxy groups -OCH3 is 1. The van der Waals surface area contributed by atoms with E-state index in [1.54, 1.807) is 19.2 Å². The number of benzene rings is 1. The molecule has 0 aliphatic carbocycles. The molecule has 0 aliphatic rings. The Morgan fingerprint density at radius 2 is 1.89 bits per heavy atom. The van der Waals surface area contributed by atoms with Crippen molar-refractivity contribution in [3.8, 4) is 5.75 Å². The highest BCUT2D eigenvalue weighted by atomic mass is 32.2. The normalized spacial score (nSPS) is 11.8. The van der Waals surface area contributed by atoms with E-state index in [4.69, 9.17) is 14.9 Å². The van der Waals surface area contributed by atoms with E-state index in [-0.39, 0.29) is 6.42 Å². The molecule has 5 nitrogen and oxygen atoms in total. The van der Waals surface area contributed by atoms with Gasteiger partial charge in [-0.25, -0.2) is 0 Å². The molecule has 18 heavy (non-hydrogen) atoms. The fourth-order valence-electron chi connectivity index (χ4n) is 1.29. The van der Waals surface area contributed by atoms with E-state index in [0.717, 1.165) is 23.1 Å². The molecule has 98 valence electrons. The molecular formula is C12H14O5S. The van der Waals surface area contributed by atoms with Crippen LogP contribution in [0.1, 0.15) is 12.0 Å². The van der Waals surface area contributed by atoms with E-state index >= 15 is 0 Å². The summed E-state index contributed by atoms with van der Waals surface area (Å²) in [5, 5.41) is 16.6. The van der Waals surface area contributed by atoms with Crippen molar-refractivity contribution in [3.63, 3.8) is 0 Å². The minimum Gasteiger partial charge on any atom is -0.497 e. The average molecular weight is 270 g/mol. The predicted octanol–water partition coefficient (Wildman–Crippen LogP) is 1.86. The van der Waals surface area contributed by atoms with Crippen LogP contribution in [0.25, 0.3) is 0 Å². The van der Waals surface area contributed by atoms with Crippen molar-refractivity contribution < 1.29 is 24.5 Å². The monoisotopic (exact) mass is 270 g/mol. The lowest BCUT2D eigenvalue weighted by atomic mass is 10.2. The maximum atomic E-state index is 10.9. The van der Waals surface area contributed by atoms with Crippen LogP contribution in [0.2, 0.25) is 0 Å². The quantitative estimate of drug-likeness (QED) is 0.786. The Bertz CT molecular complexity index is 415. The number of carboxylic acids is 2. The van der Waals surface area contributed by atoms with Gasteiger partial charge in [-0.05, 0) is 17.7 Å². The Morgan fingerprint density at radius 1 is 1.28 bits per heavy atom. The first-order valence-electron chi connectivity index (χ1n) is 5.22. The van der Waals surface area contributed by atoms with Gasteiger partial charge in [-0.3, -0.25) is 9.59 Å². The van der Waals surface area contributed by atoms with Crippen LogP contribution < -0.4 is 4.74 Å². The van der Waals surface area contributed by atoms with Gasteiger partial charge in [-0.1, -0.05) is 12.1 Å². The first-order chi connectivity index (χ1) is 8.52. The van der Waals surface area contributed by atoms with Gasteiger partial charge in [-0.2, -0.15) is 0 Å². The minimum absolute atomic E-state index is 0.379. The van der Waals surface area contributed by atoms with Crippen LogP contribution in [-0.2, 0) is 15.3 Å². The number of hydrogen-bond donors (Lipinski definition) is 2. The highest BCUT2D eigenvalue weighted by Gasteiger charge is 2.21. The molecule has 0 heterocycles. The maximum absolute atomic E-state index is 10.9. The number of carbonyl (C=O) groups is 2. The lowest BCUT2D eigenvalue weighted by Gasteiger charge is -2.09. The average Bonchev–Trinajstić information content (AvgIpc) is 2.34. The van der Waals surface area contributed by atoms with Crippen molar-refractivity contribution in [1.82, 2.24) is 0 Å². The third-order valence-corrected chi connectivity index (χ3v) is 3.52.